The predicted octanol–water partition coefficient (Wildman–Crippen LogP) is 2.92. The molecule has 2 aromatic rings. The number of aryl methyl sites for hydroxylation is 2. The Hall–Kier alpha value is -1.61. The van der Waals surface area contributed by atoms with Crippen molar-refractivity contribution in [1.29, 1.82) is 0 Å². The first-order chi connectivity index (χ1) is 8.77. The minimum atomic E-state index is -0.209. The van der Waals surface area contributed by atoms with Gasteiger partial charge in [0.2, 0.25) is 0 Å². The Kier molecular flexibility index (Phi) is 4.53. The third-order valence-electron chi connectivity index (χ3n) is 2.83. The van der Waals surface area contributed by atoms with Crippen molar-refractivity contribution >= 4 is 11.6 Å². The van der Waals surface area contributed by atoms with Crippen molar-refractivity contribution in [3.63, 3.8) is 0 Å². The van der Waals surface area contributed by atoms with Crippen LogP contribution < -0.4 is 5.56 Å². The van der Waals surface area contributed by atoms with Crippen LogP contribution in [0.4, 0.5) is 0 Å². The maximum atomic E-state index is 11.6. The summed E-state index contributed by atoms with van der Waals surface area (Å²) >= 11 is 5.68. The summed E-state index contributed by atoms with van der Waals surface area (Å²) in [6.45, 7) is 0.688. The second kappa shape index (κ2) is 6.36. The van der Waals surface area contributed by atoms with Gasteiger partial charge in [0.05, 0.1) is 0 Å². The molecule has 0 unspecified atom stereocenters. The van der Waals surface area contributed by atoms with E-state index < -0.39 is 0 Å². The second-order valence-corrected chi connectivity index (χ2v) is 4.52. The van der Waals surface area contributed by atoms with Gasteiger partial charge >= 0.3 is 0 Å². The lowest BCUT2D eigenvalue weighted by atomic mass is 10.1. The number of hydrogen-bond acceptors (Lipinski definition) is 2. The first-order valence-corrected chi connectivity index (χ1v) is 6.40. The number of aromatic nitrogens is 2. The van der Waals surface area contributed by atoms with Crippen LogP contribution in [0.5, 0.6) is 0 Å². The molecule has 1 aromatic heterocycles. The van der Waals surface area contributed by atoms with Gasteiger partial charge in [0, 0.05) is 18.9 Å². The summed E-state index contributed by atoms with van der Waals surface area (Å²) in [5.74, 6) is 0. The van der Waals surface area contributed by atoms with Gasteiger partial charge in [-0.1, -0.05) is 41.9 Å². The summed E-state index contributed by atoms with van der Waals surface area (Å²) < 4.78 is 1.61. The summed E-state index contributed by atoms with van der Waals surface area (Å²) in [5, 5.41) is 0.0422. The maximum absolute atomic E-state index is 11.6. The first kappa shape index (κ1) is 12.8. The average molecular weight is 263 g/mol. The highest BCUT2D eigenvalue weighted by molar-refractivity contribution is 6.29. The zero-order chi connectivity index (χ0) is 12.8. The highest BCUT2D eigenvalue weighted by Crippen LogP contribution is 2.05. The fourth-order valence-electron chi connectivity index (χ4n) is 1.85. The molecule has 0 bridgehead atoms. The SMILES string of the molecule is O=c1c(Cl)nccn1CCCCc1ccccc1. The molecule has 0 N–H and O–H groups in total. The van der Waals surface area contributed by atoms with Crippen molar-refractivity contribution in [2.75, 3.05) is 0 Å². The van der Waals surface area contributed by atoms with Crippen molar-refractivity contribution < 1.29 is 0 Å². The van der Waals surface area contributed by atoms with E-state index in [1.165, 1.54) is 5.56 Å². The Bertz CT molecular complexity index is 551. The zero-order valence-corrected chi connectivity index (χ0v) is 10.8. The highest BCUT2D eigenvalue weighted by atomic mass is 35.5. The molecule has 2 rings (SSSR count). The summed E-state index contributed by atoms with van der Waals surface area (Å²) in [6, 6.07) is 10.3. The van der Waals surface area contributed by atoms with E-state index in [2.05, 4.69) is 17.1 Å². The Labute approximate surface area is 111 Å². The van der Waals surface area contributed by atoms with E-state index in [9.17, 15) is 4.79 Å². The molecule has 0 saturated carbocycles. The molecule has 94 valence electrons. The number of nitrogens with zero attached hydrogens (tertiary/aromatic N) is 2. The first-order valence-electron chi connectivity index (χ1n) is 6.02. The van der Waals surface area contributed by atoms with Gasteiger partial charge < -0.3 is 4.57 Å². The quantitative estimate of drug-likeness (QED) is 0.777. The lowest BCUT2D eigenvalue weighted by molar-refractivity contribution is 0.590. The standard InChI is InChI=1S/C14H15ClN2O/c15-13-14(18)17(11-9-16-13)10-5-4-8-12-6-2-1-3-7-12/h1-3,6-7,9,11H,4-5,8,10H2. The van der Waals surface area contributed by atoms with Crippen LogP contribution in [-0.2, 0) is 13.0 Å². The molecule has 4 heteroatoms. The highest BCUT2D eigenvalue weighted by Gasteiger charge is 2.01. The van der Waals surface area contributed by atoms with Crippen LogP contribution in [0.25, 0.3) is 0 Å². The topological polar surface area (TPSA) is 34.9 Å². The molecule has 0 aliphatic carbocycles. The summed E-state index contributed by atoms with van der Waals surface area (Å²) in [7, 11) is 0. The van der Waals surface area contributed by atoms with Crippen LogP contribution in [0.15, 0.2) is 47.5 Å². The lowest BCUT2D eigenvalue weighted by Gasteiger charge is -2.05. The average Bonchev–Trinajstić information content (AvgIpc) is 2.40. The van der Waals surface area contributed by atoms with Gasteiger partial charge in [-0.2, -0.15) is 0 Å². The molecule has 0 amide bonds. The minimum Gasteiger partial charge on any atom is -0.311 e. The molecule has 18 heavy (non-hydrogen) atoms. The van der Waals surface area contributed by atoms with E-state index in [-0.39, 0.29) is 10.7 Å². The fourth-order valence-corrected chi connectivity index (χ4v) is 2.02. The Balaban J connectivity index is 1.82. The van der Waals surface area contributed by atoms with Crippen molar-refractivity contribution in [1.82, 2.24) is 9.55 Å². The van der Waals surface area contributed by atoms with Crippen molar-refractivity contribution in [3.8, 4) is 0 Å². The smallest absolute Gasteiger partial charge is 0.288 e. The van der Waals surface area contributed by atoms with Gasteiger partial charge in [0.1, 0.15) is 0 Å². The molecule has 3 nitrogen and oxygen atoms in total. The van der Waals surface area contributed by atoms with Crippen molar-refractivity contribution in [2.24, 2.45) is 0 Å². The van der Waals surface area contributed by atoms with E-state index in [0.717, 1.165) is 19.3 Å². The van der Waals surface area contributed by atoms with Gasteiger partial charge in [-0.15, -0.1) is 0 Å². The van der Waals surface area contributed by atoms with E-state index in [4.69, 9.17) is 11.6 Å². The number of halogens is 1. The molecule has 0 saturated heterocycles. The molecule has 0 atom stereocenters. The molecule has 1 aromatic carbocycles. The Morgan fingerprint density at radius 3 is 2.72 bits per heavy atom. The van der Waals surface area contributed by atoms with Crippen LogP contribution in [0.2, 0.25) is 5.15 Å². The van der Waals surface area contributed by atoms with Crippen LogP contribution in [0.1, 0.15) is 18.4 Å². The Morgan fingerprint density at radius 1 is 1.17 bits per heavy atom. The molecule has 0 radical (unpaired) electrons. The van der Waals surface area contributed by atoms with Crippen LogP contribution in [-0.4, -0.2) is 9.55 Å². The molecule has 0 aliphatic rings. The Morgan fingerprint density at radius 2 is 1.94 bits per heavy atom. The molecule has 0 aliphatic heterocycles. The third-order valence-corrected chi connectivity index (χ3v) is 3.09. The number of hydrogen-bond donors (Lipinski definition) is 0. The van der Waals surface area contributed by atoms with E-state index >= 15 is 0 Å². The van der Waals surface area contributed by atoms with Gasteiger partial charge in [0.25, 0.3) is 5.56 Å². The van der Waals surface area contributed by atoms with Gasteiger partial charge in [-0.25, -0.2) is 4.98 Å². The normalized spacial score (nSPS) is 10.5. The fraction of sp³-hybridized carbons (Fsp3) is 0.286. The van der Waals surface area contributed by atoms with E-state index in [1.807, 2.05) is 18.2 Å². The summed E-state index contributed by atoms with van der Waals surface area (Å²) in [5.41, 5.74) is 1.12. The largest absolute Gasteiger partial charge is 0.311 e. The molecule has 1 heterocycles. The molecular weight excluding hydrogens is 248 g/mol. The molecule has 0 spiro atoms. The second-order valence-electron chi connectivity index (χ2n) is 4.16. The van der Waals surface area contributed by atoms with Crippen molar-refractivity contribution in [2.45, 2.75) is 25.8 Å². The third kappa shape index (κ3) is 3.44. The minimum absolute atomic E-state index is 0.0422. The van der Waals surface area contributed by atoms with Gasteiger partial charge in [-0.05, 0) is 24.8 Å². The number of rotatable bonds is 5. The molecule has 0 fully saturated rings. The van der Waals surface area contributed by atoms with Gasteiger partial charge in [-0.3, -0.25) is 4.79 Å². The van der Waals surface area contributed by atoms with Crippen LogP contribution in [0, 0.1) is 0 Å². The monoisotopic (exact) mass is 262 g/mol. The maximum Gasteiger partial charge on any atom is 0.288 e. The van der Waals surface area contributed by atoms with E-state index in [0.29, 0.717) is 6.54 Å². The summed E-state index contributed by atoms with van der Waals surface area (Å²) in [6.07, 6.45) is 6.28. The zero-order valence-electron chi connectivity index (χ0n) is 10.1. The summed E-state index contributed by atoms with van der Waals surface area (Å²) in [4.78, 5) is 15.3. The van der Waals surface area contributed by atoms with Gasteiger partial charge in [0.15, 0.2) is 5.15 Å². The van der Waals surface area contributed by atoms with E-state index in [1.54, 1.807) is 17.0 Å². The lowest BCUT2D eigenvalue weighted by Crippen LogP contribution is -2.20. The predicted molar refractivity (Wildman–Crippen MR) is 72.9 cm³/mol. The number of benzene rings is 1. The van der Waals surface area contributed by atoms with Crippen LogP contribution >= 0.6 is 11.6 Å². The van der Waals surface area contributed by atoms with Crippen LogP contribution in [0.3, 0.4) is 0 Å². The number of unbranched alkanes of at least 4 members (excludes halogenated alkanes) is 1. The van der Waals surface area contributed by atoms with Crippen molar-refractivity contribution in [3.05, 3.63) is 63.8 Å². The molecular formula is C14H15ClN2O.